The van der Waals surface area contributed by atoms with Crippen LogP contribution in [-0.2, 0) is 0 Å². The number of aliphatic hydroxyl groups excluding tert-OH is 2. The van der Waals surface area contributed by atoms with Crippen LogP contribution in [0.2, 0.25) is 0 Å². The van der Waals surface area contributed by atoms with E-state index < -0.39 is 23.4 Å². The van der Waals surface area contributed by atoms with Gasteiger partial charge in [-0.15, -0.1) is 0 Å². The Hall–Kier alpha value is -1.20. The van der Waals surface area contributed by atoms with Crippen LogP contribution in [0.4, 0.5) is 0 Å². The van der Waals surface area contributed by atoms with Crippen LogP contribution in [0, 0.1) is 23.2 Å². The Morgan fingerprint density at radius 1 is 1.06 bits per heavy atom. The molecule has 32 heavy (non-hydrogen) atoms. The third kappa shape index (κ3) is 4.84. The second-order valence-corrected chi connectivity index (χ2v) is 11.5. The van der Waals surface area contributed by atoms with Crippen molar-refractivity contribution in [3.8, 4) is 0 Å². The zero-order valence-electron chi connectivity index (χ0n) is 20.6. The minimum atomic E-state index is -1.27. The van der Waals surface area contributed by atoms with Crippen molar-refractivity contribution >= 4 is 0 Å². The lowest BCUT2D eigenvalue weighted by Crippen LogP contribution is -2.46. The van der Waals surface area contributed by atoms with E-state index in [1.807, 2.05) is 6.08 Å². The van der Waals surface area contributed by atoms with Gasteiger partial charge in [0.1, 0.15) is 11.7 Å². The van der Waals surface area contributed by atoms with Crippen molar-refractivity contribution < 1.29 is 20.4 Å². The molecule has 0 saturated heterocycles. The van der Waals surface area contributed by atoms with E-state index in [1.165, 1.54) is 12.0 Å². The van der Waals surface area contributed by atoms with Gasteiger partial charge in [-0.3, -0.25) is 0 Å². The van der Waals surface area contributed by atoms with Gasteiger partial charge in [0.2, 0.25) is 0 Å². The van der Waals surface area contributed by atoms with E-state index in [4.69, 9.17) is 0 Å². The summed E-state index contributed by atoms with van der Waals surface area (Å²) in [7, 11) is 0. The van der Waals surface area contributed by atoms with Gasteiger partial charge in [-0.25, -0.2) is 0 Å². The van der Waals surface area contributed by atoms with Gasteiger partial charge in [0.15, 0.2) is 0 Å². The molecule has 180 valence electrons. The van der Waals surface area contributed by atoms with Crippen molar-refractivity contribution in [2.45, 2.75) is 103 Å². The Kier molecular flexibility index (Phi) is 7.32. The first-order valence-corrected chi connectivity index (χ1v) is 12.4. The van der Waals surface area contributed by atoms with Crippen LogP contribution in [0.15, 0.2) is 47.6 Å². The highest BCUT2D eigenvalue weighted by Gasteiger charge is 2.50. The number of aliphatic hydroxyl groups is 4. The highest BCUT2D eigenvalue weighted by molar-refractivity contribution is 5.39. The smallest absolute Gasteiger partial charge is 0.108 e. The molecule has 0 aromatic heterocycles. The minimum Gasteiger partial charge on any atom is -0.390 e. The highest BCUT2D eigenvalue weighted by atomic mass is 16.4. The predicted molar refractivity (Wildman–Crippen MR) is 130 cm³/mol. The van der Waals surface area contributed by atoms with Crippen molar-refractivity contribution in [2.75, 3.05) is 0 Å². The topological polar surface area (TPSA) is 80.9 Å². The molecule has 0 aromatic carbocycles. The summed E-state index contributed by atoms with van der Waals surface area (Å²) in [5.74, 6) is 1.35. The molecule has 3 aliphatic carbocycles. The number of rotatable bonds is 5. The van der Waals surface area contributed by atoms with Gasteiger partial charge in [0.05, 0.1) is 11.7 Å². The third-order valence-electron chi connectivity index (χ3n) is 8.95. The molecule has 4 heteroatoms. The summed E-state index contributed by atoms with van der Waals surface area (Å²) < 4.78 is 0. The molecule has 3 saturated carbocycles. The first-order chi connectivity index (χ1) is 14.8. The zero-order chi connectivity index (χ0) is 23.9. The summed E-state index contributed by atoms with van der Waals surface area (Å²) in [5.41, 5.74) is 0.907. The van der Waals surface area contributed by atoms with Crippen LogP contribution in [0.1, 0.15) is 79.6 Å². The van der Waals surface area contributed by atoms with Crippen molar-refractivity contribution in [1.82, 2.24) is 0 Å². The first kappa shape index (κ1) is 25.4. The molecule has 0 spiro atoms. The summed E-state index contributed by atoms with van der Waals surface area (Å²) in [6, 6.07) is 0. The molecule has 4 nitrogen and oxygen atoms in total. The Bertz CT molecular complexity index is 797. The van der Waals surface area contributed by atoms with Gasteiger partial charge >= 0.3 is 0 Å². The molecule has 0 aliphatic heterocycles. The molecular formula is C28H44O4. The quantitative estimate of drug-likeness (QED) is 0.457. The van der Waals surface area contributed by atoms with E-state index >= 15 is 0 Å². The molecule has 0 aromatic rings. The Morgan fingerprint density at radius 3 is 2.41 bits per heavy atom. The van der Waals surface area contributed by atoms with Crippen LogP contribution < -0.4 is 0 Å². The lowest BCUT2D eigenvalue weighted by Gasteiger charge is -2.44. The normalized spacial score (nSPS) is 39.5. The molecular weight excluding hydrogens is 400 g/mol. The molecule has 7 unspecified atom stereocenters. The van der Waals surface area contributed by atoms with Crippen LogP contribution in [0.3, 0.4) is 0 Å². The first-order valence-electron chi connectivity index (χ1n) is 12.4. The average Bonchev–Trinajstić information content (AvgIpc) is 3.06. The molecule has 3 fully saturated rings. The fourth-order valence-corrected chi connectivity index (χ4v) is 6.27. The van der Waals surface area contributed by atoms with Gasteiger partial charge in [-0.05, 0) is 100 Å². The van der Waals surface area contributed by atoms with Crippen molar-refractivity contribution in [2.24, 2.45) is 23.2 Å². The third-order valence-corrected chi connectivity index (χ3v) is 8.95. The number of fused-ring (bicyclic) bond motifs is 1. The predicted octanol–water partition coefficient (Wildman–Crippen LogP) is 4.84. The largest absolute Gasteiger partial charge is 0.390 e. The molecule has 0 amide bonds. The maximum Gasteiger partial charge on any atom is 0.108 e. The van der Waals surface area contributed by atoms with Gasteiger partial charge in [0, 0.05) is 0 Å². The van der Waals surface area contributed by atoms with E-state index in [9.17, 15) is 20.4 Å². The lowest BCUT2D eigenvalue weighted by molar-refractivity contribution is -0.0886. The van der Waals surface area contributed by atoms with Crippen molar-refractivity contribution in [3.05, 3.63) is 47.6 Å². The second-order valence-electron chi connectivity index (χ2n) is 11.5. The van der Waals surface area contributed by atoms with E-state index in [0.29, 0.717) is 24.2 Å². The number of allylic oxidation sites excluding steroid dienone is 4. The fraction of sp³-hybridized carbons (Fsp3) is 0.714. The van der Waals surface area contributed by atoms with Crippen molar-refractivity contribution in [1.29, 1.82) is 0 Å². The minimum absolute atomic E-state index is 0.203. The monoisotopic (exact) mass is 444 g/mol. The highest BCUT2D eigenvalue weighted by Crippen LogP contribution is 2.59. The van der Waals surface area contributed by atoms with E-state index in [-0.39, 0.29) is 5.41 Å². The molecule has 4 N–H and O–H groups in total. The zero-order valence-corrected chi connectivity index (χ0v) is 20.6. The molecule has 3 aliphatic rings. The number of hydrogen-bond donors (Lipinski definition) is 4. The average molecular weight is 445 g/mol. The Labute approximate surface area is 194 Å². The summed E-state index contributed by atoms with van der Waals surface area (Å²) in [4.78, 5) is 0. The van der Waals surface area contributed by atoms with E-state index in [1.54, 1.807) is 26.8 Å². The molecule has 0 heterocycles. The fourth-order valence-electron chi connectivity index (χ4n) is 6.27. The van der Waals surface area contributed by atoms with Gasteiger partial charge in [-0.1, -0.05) is 50.3 Å². The Morgan fingerprint density at radius 2 is 1.75 bits per heavy atom. The summed E-state index contributed by atoms with van der Waals surface area (Å²) in [5, 5.41) is 41.4. The summed E-state index contributed by atoms with van der Waals surface area (Å²) in [6.07, 6.45) is 13.6. The van der Waals surface area contributed by atoms with E-state index in [0.717, 1.165) is 43.3 Å². The standard InChI is InChI=1S/C28H44O4/c1-18-9-14-24(29)25(30)21(18)11-10-20-8-7-16-27(5)22(12-13-23(20)27)19(2)15-17-28(6,32)26(3,4)31/h10-11,15,17,19,22-25,29-32H,1,7-9,12-14,16H2,2-6H3. The van der Waals surface area contributed by atoms with Gasteiger partial charge in [-0.2, -0.15) is 0 Å². The SMILES string of the molecule is C=C1CCC(O)C(O)C1=CC=C1CCCC2(C)C1CCC2C(C)C=CC(C)(O)C(C)(C)O. The maximum atomic E-state index is 10.6. The maximum absolute atomic E-state index is 10.6. The summed E-state index contributed by atoms with van der Waals surface area (Å²) in [6.45, 7) is 13.7. The molecule has 0 bridgehead atoms. The van der Waals surface area contributed by atoms with Crippen LogP contribution in [0.25, 0.3) is 0 Å². The Balaban J connectivity index is 1.80. The van der Waals surface area contributed by atoms with Crippen molar-refractivity contribution in [3.63, 3.8) is 0 Å². The van der Waals surface area contributed by atoms with Crippen LogP contribution >= 0.6 is 0 Å². The van der Waals surface area contributed by atoms with Gasteiger partial charge in [0.25, 0.3) is 0 Å². The van der Waals surface area contributed by atoms with Gasteiger partial charge < -0.3 is 20.4 Å². The number of hydrogen-bond acceptors (Lipinski definition) is 4. The van der Waals surface area contributed by atoms with E-state index in [2.05, 4.69) is 32.6 Å². The van der Waals surface area contributed by atoms with Crippen LogP contribution in [0.5, 0.6) is 0 Å². The summed E-state index contributed by atoms with van der Waals surface area (Å²) >= 11 is 0. The molecule has 3 rings (SSSR count). The lowest BCUT2D eigenvalue weighted by atomic mass is 9.61. The van der Waals surface area contributed by atoms with Crippen LogP contribution in [-0.4, -0.2) is 43.8 Å². The molecule has 7 atom stereocenters. The second kappa shape index (κ2) is 9.21. The molecule has 0 radical (unpaired) electrons.